The van der Waals surface area contributed by atoms with E-state index >= 15 is 0 Å². The second-order valence-electron chi connectivity index (χ2n) is 6.89. The minimum atomic E-state index is 0.447. The van der Waals surface area contributed by atoms with E-state index in [0.717, 1.165) is 32.0 Å². The molecule has 0 bridgehead atoms. The topological polar surface area (TPSA) is 48.6 Å². The van der Waals surface area contributed by atoms with Crippen LogP contribution < -0.4 is 4.90 Å². The second-order valence-corrected chi connectivity index (χ2v) is 6.89. The van der Waals surface area contributed by atoms with Gasteiger partial charge in [0.1, 0.15) is 0 Å². The lowest BCUT2D eigenvalue weighted by Crippen LogP contribution is -2.51. The largest absolute Gasteiger partial charge is 0.368 e. The van der Waals surface area contributed by atoms with E-state index in [1.807, 2.05) is 19.0 Å². The summed E-state index contributed by atoms with van der Waals surface area (Å²) in [5.41, 5.74) is 2.68. The molecule has 1 saturated heterocycles. The van der Waals surface area contributed by atoms with E-state index in [0.29, 0.717) is 18.5 Å². The standard InChI is InChI=1S/C18H27N5O/c1-14-7-5-6-8-16(14)23-10-9-22(15(2)11-23)13-18-19-17(20-24-18)12-21(3)4/h5-8,15H,9-13H2,1-4H3/t15-/m1/s1. The number of nitrogens with zero attached hydrogens (tertiary/aromatic N) is 5. The van der Waals surface area contributed by atoms with Gasteiger partial charge in [0, 0.05) is 31.4 Å². The van der Waals surface area contributed by atoms with Gasteiger partial charge in [-0.2, -0.15) is 4.98 Å². The number of hydrogen-bond acceptors (Lipinski definition) is 6. The lowest BCUT2D eigenvalue weighted by molar-refractivity contribution is 0.159. The number of anilines is 1. The molecule has 6 heteroatoms. The lowest BCUT2D eigenvalue weighted by Gasteiger charge is -2.40. The first kappa shape index (κ1) is 16.9. The second kappa shape index (κ2) is 7.32. The molecular formula is C18H27N5O. The van der Waals surface area contributed by atoms with E-state index in [1.165, 1.54) is 11.3 Å². The van der Waals surface area contributed by atoms with Crippen molar-refractivity contribution in [3.8, 4) is 0 Å². The van der Waals surface area contributed by atoms with E-state index in [-0.39, 0.29) is 0 Å². The highest BCUT2D eigenvalue weighted by Gasteiger charge is 2.26. The Hall–Kier alpha value is -1.92. The summed E-state index contributed by atoms with van der Waals surface area (Å²) < 4.78 is 5.40. The van der Waals surface area contributed by atoms with Crippen LogP contribution in [0, 0.1) is 6.92 Å². The lowest BCUT2D eigenvalue weighted by atomic mass is 10.1. The van der Waals surface area contributed by atoms with Crippen LogP contribution in [-0.4, -0.2) is 59.7 Å². The zero-order valence-electron chi connectivity index (χ0n) is 15.1. The maximum Gasteiger partial charge on any atom is 0.240 e. The van der Waals surface area contributed by atoms with Crippen LogP contribution in [0.1, 0.15) is 24.2 Å². The van der Waals surface area contributed by atoms with Gasteiger partial charge in [0.2, 0.25) is 5.89 Å². The summed E-state index contributed by atoms with van der Waals surface area (Å²) >= 11 is 0. The highest BCUT2D eigenvalue weighted by molar-refractivity contribution is 5.53. The molecule has 3 rings (SSSR count). The van der Waals surface area contributed by atoms with Crippen LogP contribution >= 0.6 is 0 Å². The van der Waals surface area contributed by atoms with Crippen LogP contribution in [-0.2, 0) is 13.1 Å². The first-order valence-electron chi connectivity index (χ1n) is 8.53. The number of aromatic nitrogens is 2. The van der Waals surface area contributed by atoms with Crippen molar-refractivity contribution in [1.29, 1.82) is 0 Å². The van der Waals surface area contributed by atoms with Crippen molar-refractivity contribution in [3.63, 3.8) is 0 Å². The van der Waals surface area contributed by atoms with Gasteiger partial charge in [-0.1, -0.05) is 23.4 Å². The number of piperazine rings is 1. The van der Waals surface area contributed by atoms with Crippen molar-refractivity contribution in [3.05, 3.63) is 41.5 Å². The molecule has 0 amide bonds. The Morgan fingerprint density at radius 2 is 2.04 bits per heavy atom. The normalized spacial score (nSPS) is 19.2. The van der Waals surface area contributed by atoms with Gasteiger partial charge in [0.15, 0.2) is 5.82 Å². The smallest absolute Gasteiger partial charge is 0.240 e. The van der Waals surface area contributed by atoms with Gasteiger partial charge < -0.3 is 14.3 Å². The third kappa shape index (κ3) is 3.94. The Morgan fingerprint density at radius 3 is 2.75 bits per heavy atom. The number of aryl methyl sites for hydroxylation is 1. The van der Waals surface area contributed by atoms with Gasteiger partial charge in [-0.25, -0.2) is 0 Å². The van der Waals surface area contributed by atoms with Gasteiger partial charge in [-0.15, -0.1) is 0 Å². The maximum atomic E-state index is 5.40. The van der Waals surface area contributed by atoms with Crippen LogP contribution in [0.25, 0.3) is 0 Å². The predicted molar refractivity (Wildman–Crippen MR) is 95.0 cm³/mol. The number of hydrogen-bond donors (Lipinski definition) is 0. The number of para-hydroxylation sites is 1. The summed E-state index contributed by atoms with van der Waals surface area (Å²) in [6.45, 7) is 8.92. The molecule has 1 aliphatic rings. The predicted octanol–water partition coefficient (Wildman–Crippen LogP) is 2.15. The minimum Gasteiger partial charge on any atom is -0.368 e. The van der Waals surface area contributed by atoms with Crippen LogP contribution in [0.4, 0.5) is 5.69 Å². The molecule has 1 atom stereocenters. The molecule has 0 aliphatic carbocycles. The zero-order chi connectivity index (χ0) is 17.1. The van der Waals surface area contributed by atoms with Gasteiger partial charge in [0.25, 0.3) is 0 Å². The van der Waals surface area contributed by atoms with E-state index in [2.05, 4.69) is 58.1 Å². The molecule has 2 heterocycles. The Balaban J connectivity index is 1.60. The molecule has 0 spiro atoms. The highest BCUT2D eigenvalue weighted by Crippen LogP contribution is 2.23. The SMILES string of the molecule is Cc1ccccc1N1CCN(Cc2nc(CN(C)C)no2)[C@H](C)C1. The van der Waals surface area contributed by atoms with Crippen molar-refractivity contribution in [2.45, 2.75) is 33.0 Å². The molecule has 6 nitrogen and oxygen atoms in total. The van der Waals surface area contributed by atoms with E-state index < -0.39 is 0 Å². The summed E-state index contributed by atoms with van der Waals surface area (Å²) in [6, 6.07) is 9.05. The van der Waals surface area contributed by atoms with Gasteiger partial charge in [-0.05, 0) is 39.6 Å². The third-order valence-corrected chi connectivity index (χ3v) is 4.53. The fourth-order valence-corrected chi connectivity index (χ4v) is 3.24. The summed E-state index contributed by atoms with van der Waals surface area (Å²) in [6.07, 6.45) is 0. The van der Waals surface area contributed by atoms with Crippen molar-refractivity contribution >= 4 is 5.69 Å². The maximum absolute atomic E-state index is 5.40. The van der Waals surface area contributed by atoms with E-state index in [4.69, 9.17) is 4.52 Å². The fourth-order valence-electron chi connectivity index (χ4n) is 3.24. The van der Waals surface area contributed by atoms with Crippen molar-refractivity contribution in [1.82, 2.24) is 19.9 Å². The van der Waals surface area contributed by atoms with E-state index in [1.54, 1.807) is 0 Å². The average Bonchev–Trinajstić information content (AvgIpc) is 2.96. The van der Waals surface area contributed by atoms with Crippen LogP contribution in [0.15, 0.2) is 28.8 Å². The number of rotatable bonds is 5. The van der Waals surface area contributed by atoms with Gasteiger partial charge in [-0.3, -0.25) is 4.90 Å². The van der Waals surface area contributed by atoms with Crippen molar-refractivity contribution in [2.24, 2.45) is 0 Å². The Morgan fingerprint density at radius 1 is 1.25 bits per heavy atom. The Labute approximate surface area is 144 Å². The summed E-state index contributed by atoms with van der Waals surface area (Å²) in [7, 11) is 4.01. The molecule has 0 saturated carbocycles. The molecule has 130 valence electrons. The summed E-state index contributed by atoms with van der Waals surface area (Å²) in [5, 5.41) is 4.06. The molecule has 24 heavy (non-hydrogen) atoms. The Bertz CT molecular complexity index is 669. The molecule has 1 aromatic carbocycles. The summed E-state index contributed by atoms with van der Waals surface area (Å²) in [4.78, 5) is 11.4. The van der Waals surface area contributed by atoms with Crippen molar-refractivity contribution in [2.75, 3.05) is 38.6 Å². The molecule has 1 aromatic heterocycles. The molecule has 1 fully saturated rings. The molecule has 0 radical (unpaired) electrons. The zero-order valence-corrected chi connectivity index (χ0v) is 15.1. The van der Waals surface area contributed by atoms with Crippen LogP contribution in [0.2, 0.25) is 0 Å². The minimum absolute atomic E-state index is 0.447. The monoisotopic (exact) mass is 329 g/mol. The molecule has 1 aliphatic heterocycles. The molecule has 0 unspecified atom stereocenters. The molecule has 2 aromatic rings. The third-order valence-electron chi connectivity index (χ3n) is 4.53. The van der Waals surface area contributed by atoms with Crippen molar-refractivity contribution < 1.29 is 4.52 Å². The van der Waals surface area contributed by atoms with Gasteiger partial charge in [0.05, 0.1) is 13.1 Å². The first-order chi connectivity index (χ1) is 11.5. The quantitative estimate of drug-likeness (QED) is 0.838. The van der Waals surface area contributed by atoms with Crippen LogP contribution in [0.3, 0.4) is 0 Å². The van der Waals surface area contributed by atoms with Crippen LogP contribution in [0.5, 0.6) is 0 Å². The fraction of sp³-hybridized carbons (Fsp3) is 0.556. The van der Waals surface area contributed by atoms with E-state index in [9.17, 15) is 0 Å². The Kier molecular flexibility index (Phi) is 5.16. The summed E-state index contributed by atoms with van der Waals surface area (Å²) in [5.74, 6) is 1.46. The first-order valence-corrected chi connectivity index (χ1v) is 8.53. The average molecular weight is 329 g/mol. The number of benzene rings is 1. The highest BCUT2D eigenvalue weighted by atomic mass is 16.5. The molecular weight excluding hydrogens is 302 g/mol. The molecule has 0 N–H and O–H groups in total. The van der Waals surface area contributed by atoms with Gasteiger partial charge >= 0.3 is 0 Å².